The molecule has 0 heterocycles. The number of hydrogen-bond acceptors (Lipinski definition) is 0. The van der Waals surface area contributed by atoms with Crippen molar-refractivity contribution in [3.05, 3.63) is 179 Å². The zero-order chi connectivity index (χ0) is 36.1. The van der Waals surface area contributed by atoms with Crippen molar-refractivity contribution in [1.82, 2.24) is 0 Å². The SMILES string of the molecule is C[Si]C.Cc1cc(C)c(C)c(-c2cccc3[cH-]c(-c4ccccc4)cc23)c1.Cc1cc(C)c(C)c(-c2cccc3[cH-]c(-c4ccccc4)cc23)c1.[Hf]. The summed E-state index contributed by atoms with van der Waals surface area (Å²) in [5, 5.41) is 5.30. The summed E-state index contributed by atoms with van der Waals surface area (Å²) in [5.41, 5.74) is 18.6. The average Bonchev–Trinajstić information content (AvgIpc) is 3.78. The molecular formula is C50H48HfSi-2. The van der Waals surface area contributed by atoms with Crippen molar-refractivity contribution in [2.24, 2.45) is 0 Å². The molecule has 0 fully saturated rings. The molecule has 8 aromatic rings. The van der Waals surface area contributed by atoms with Gasteiger partial charge in [0.05, 0.1) is 0 Å². The van der Waals surface area contributed by atoms with Crippen molar-refractivity contribution in [2.45, 2.75) is 54.6 Å². The zero-order valence-corrected chi connectivity index (χ0v) is 36.4. The maximum Gasteiger partial charge on any atom is 0.0307 e. The van der Waals surface area contributed by atoms with Crippen LogP contribution in [0.25, 0.3) is 66.1 Å². The summed E-state index contributed by atoms with van der Waals surface area (Å²) >= 11 is 0. The van der Waals surface area contributed by atoms with Gasteiger partial charge in [0.2, 0.25) is 0 Å². The topological polar surface area (TPSA) is 0 Å². The van der Waals surface area contributed by atoms with E-state index in [4.69, 9.17) is 0 Å². The average molecular weight is 856 g/mol. The molecule has 258 valence electrons. The Hall–Kier alpha value is -4.37. The molecule has 0 saturated carbocycles. The predicted octanol–water partition coefficient (Wildman–Crippen LogP) is 14.4. The maximum absolute atomic E-state index is 2.33. The van der Waals surface area contributed by atoms with Crippen LogP contribution in [-0.4, -0.2) is 9.52 Å². The third kappa shape index (κ3) is 8.46. The van der Waals surface area contributed by atoms with Crippen molar-refractivity contribution in [1.29, 1.82) is 0 Å². The van der Waals surface area contributed by atoms with E-state index < -0.39 is 0 Å². The molecule has 0 spiro atoms. The zero-order valence-electron chi connectivity index (χ0n) is 31.9. The summed E-state index contributed by atoms with van der Waals surface area (Å²) in [6.45, 7) is 17.5. The normalized spacial score (nSPS) is 10.6. The number of hydrogen-bond donors (Lipinski definition) is 0. The Morgan fingerprint density at radius 3 is 1.13 bits per heavy atom. The number of rotatable bonds is 4. The molecule has 0 bridgehead atoms. The Kier molecular flexibility index (Phi) is 13.0. The molecule has 0 N–H and O–H groups in total. The van der Waals surface area contributed by atoms with Crippen LogP contribution in [0.4, 0.5) is 0 Å². The third-order valence-corrected chi connectivity index (χ3v) is 9.92. The van der Waals surface area contributed by atoms with Crippen molar-refractivity contribution < 1.29 is 25.8 Å². The van der Waals surface area contributed by atoms with Crippen molar-refractivity contribution in [2.75, 3.05) is 0 Å². The molecule has 0 atom stereocenters. The molecule has 0 aromatic heterocycles. The fourth-order valence-corrected chi connectivity index (χ4v) is 7.17. The molecule has 0 aliphatic rings. The Bertz CT molecular complexity index is 2240. The van der Waals surface area contributed by atoms with Gasteiger partial charge in [0.25, 0.3) is 0 Å². The molecule has 8 rings (SSSR count). The fraction of sp³-hybridized carbons (Fsp3) is 0.160. The van der Waals surface area contributed by atoms with Gasteiger partial charge in [0.15, 0.2) is 0 Å². The first-order valence-corrected chi connectivity index (χ1v) is 19.9. The van der Waals surface area contributed by atoms with Gasteiger partial charge >= 0.3 is 0 Å². The van der Waals surface area contributed by atoms with Gasteiger partial charge in [-0.1, -0.05) is 156 Å². The van der Waals surface area contributed by atoms with Crippen LogP contribution in [0.1, 0.15) is 33.4 Å². The second-order valence-electron chi connectivity index (χ2n) is 13.8. The first-order valence-electron chi connectivity index (χ1n) is 17.9. The number of benzene rings is 6. The molecule has 8 aromatic carbocycles. The second-order valence-corrected chi connectivity index (χ2v) is 14.8. The van der Waals surface area contributed by atoms with Crippen molar-refractivity contribution in [3.63, 3.8) is 0 Å². The van der Waals surface area contributed by atoms with Crippen LogP contribution in [-0.2, 0) is 25.8 Å². The van der Waals surface area contributed by atoms with Crippen LogP contribution < -0.4 is 0 Å². The largest absolute Gasteiger partial charge is 0.144 e. The molecule has 0 aliphatic carbocycles. The summed E-state index contributed by atoms with van der Waals surface area (Å²) in [6, 6.07) is 52.9. The first-order chi connectivity index (χ1) is 24.7. The third-order valence-electron chi connectivity index (χ3n) is 9.92. The standard InChI is InChI=1S/2C24H21.C2H6Si.Hf/c2*1-16-12-17(2)18(3)23(13-16)22-11-7-10-20-14-21(15-24(20)22)19-8-5-4-6-9-19;1-3-2;/h2*4-15H,1-3H3;1-2H3;/q2*-1;;. The molecule has 52 heavy (non-hydrogen) atoms. The Labute approximate surface area is 332 Å². The van der Waals surface area contributed by atoms with E-state index in [9.17, 15) is 0 Å². The predicted molar refractivity (Wildman–Crippen MR) is 227 cm³/mol. The van der Waals surface area contributed by atoms with Gasteiger partial charge in [-0.05, 0) is 74.9 Å². The van der Waals surface area contributed by atoms with E-state index in [-0.39, 0.29) is 25.8 Å². The molecule has 2 radical (unpaired) electrons. The van der Waals surface area contributed by atoms with Crippen LogP contribution >= 0.6 is 0 Å². The summed E-state index contributed by atoms with van der Waals surface area (Å²) in [7, 11) is 1.08. The van der Waals surface area contributed by atoms with Gasteiger partial charge in [-0.2, -0.15) is 0 Å². The summed E-state index contributed by atoms with van der Waals surface area (Å²) in [6.07, 6.45) is 0. The smallest absolute Gasteiger partial charge is 0.0307 e. The minimum absolute atomic E-state index is 0. The number of aryl methyl sites for hydroxylation is 4. The second kappa shape index (κ2) is 17.4. The van der Waals surface area contributed by atoms with Gasteiger partial charge in [0.1, 0.15) is 0 Å². The van der Waals surface area contributed by atoms with Crippen LogP contribution in [0, 0.1) is 41.5 Å². The Balaban J connectivity index is 0.000000184. The van der Waals surface area contributed by atoms with E-state index in [1.807, 2.05) is 0 Å². The molecule has 2 heteroatoms. The van der Waals surface area contributed by atoms with Crippen molar-refractivity contribution >= 4 is 31.1 Å². The van der Waals surface area contributed by atoms with E-state index in [1.54, 1.807) is 0 Å². The molecule has 0 saturated heterocycles. The van der Waals surface area contributed by atoms with E-state index >= 15 is 0 Å². The minimum atomic E-state index is 0. The monoisotopic (exact) mass is 856 g/mol. The molecule has 0 unspecified atom stereocenters. The van der Waals surface area contributed by atoms with Gasteiger partial charge in [-0.25, -0.2) is 0 Å². The summed E-state index contributed by atoms with van der Waals surface area (Å²) < 4.78 is 0. The Morgan fingerprint density at radius 1 is 0.404 bits per heavy atom. The van der Waals surface area contributed by atoms with Gasteiger partial charge in [-0.3, -0.25) is 0 Å². The van der Waals surface area contributed by atoms with Crippen LogP contribution in [0.5, 0.6) is 0 Å². The van der Waals surface area contributed by atoms with Gasteiger partial charge in [0, 0.05) is 35.4 Å². The van der Waals surface area contributed by atoms with E-state index in [2.05, 4.69) is 200 Å². The van der Waals surface area contributed by atoms with Gasteiger partial charge < -0.3 is 0 Å². The maximum atomic E-state index is 2.33. The molecule has 0 nitrogen and oxygen atoms in total. The number of fused-ring (bicyclic) bond motifs is 2. The van der Waals surface area contributed by atoms with Crippen molar-refractivity contribution in [3.8, 4) is 44.5 Å². The molecule has 0 aliphatic heterocycles. The summed E-state index contributed by atoms with van der Waals surface area (Å²) in [5.74, 6) is 0. The van der Waals surface area contributed by atoms with E-state index in [0.29, 0.717) is 0 Å². The quantitative estimate of drug-likeness (QED) is 0.122. The fourth-order valence-electron chi connectivity index (χ4n) is 7.17. The summed E-state index contributed by atoms with van der Waals surface area (Å²) in [4.78, 5) is 0. The van der Waals surface area contributed by atoms with E-state index in [0.717, 1.165) is 9.52 Å². The molecule has 0 amide bonds. The van der Waals surface area contributed by atoms with Crippen LogP contribution in [0.3, 0.4) is 0 Å². The molecular weight excluding hydrogens is 807 g/mol. The minimum Gasteiger partial charge on any atom is -0.144 e. The van der Waals surface area contributed by atoms with Crippen LogP contribution in [0.2, 0.25) is 13.1 Å². The van der Waals surface area contributed by atoms with E-state index in [1.165, 1.54) is 99.4 Å². The van der Waals surface area contributed by atoms with Crippen LogP contribution in [0.15, 0.2) is 146 Å². The van der Waals surface area contributed by atoms with Gasteiger partial charge in [-0.15, -0.1) is 69.1 Å². The Morgan fingerprint density at radius 2 is 0.769 bits per heavy atom. The first kappa shape index (κ1) is 38.8.